The van der Waals surface area contributed by atoms with Gasteiger partial charge in [-0.2, -0.15) is 0 Å². The van der Waals surface area contributed by atoms with E-state index in [9.17, 15) is 4.79 Å². The Hall–Kier alpha value is -2.49. The molecule has 1 fully saturated rings. The minimum atomic E-state index is -0.0760. The molecule has 4 nitrogen and oxygen atoms in total. The molecule has 2 N–H and O–H groups in total. The first kappa shape index (κ1) is 19.3. The molecule has 4 heteroatoms. The second-order valence-corrected chi connectivity index (χ2v) is 7.59. The van der Waals surface area contributed by atoms with Crippen LogP contribution < -0.4 is 15.4 Å². The maximum absolute atomic E-state index is 12.2. The van der Waals surface area contributed by atoms with Gasteiger partial charge in [0.15, 0.2) is 0 Å². The smallest absolute Gasteiger partial charge is 0.315 e. The van der Waals surface area contributed by atoms with E-state index in [-0.39, 0.29) is 12.1 Å². The summed E-state index contributed by atoms with van der Waals surface area (Å²) in [6, 6.07) is 16.8. The average molecular weight is 367 g/mol. The van der Waals surface area contributed by atoms with Crippen molar-refractivity contribution in [3.8, 4) is 5.75 Å². The van der Waals surface area contributed by atoms with Crippen LogP contribution in [0.2, 0.25) is 0 Å². The number of hydrogen-bond acceptors (Lipinski definition) is 2. The van der Waals surface area contributed by atoms with Crippen LogP contribution in [0.5, 0.6) is 5.75 Å². The number of hydrogen-bond donors (Lipinski definition) is 2. The molecule has 144 valence electrons. The lowest BCUT2D eigenvalue weighted by Crippen LogP contribution is -2.43. The highest BCUT2D eigenvalue weighted by molar-refractivity contribution is 5.74. The molecular weight excluding hydrogens is 336 g/mol. The molecule has 0 unspecified atom stereocenters. The molecule has 2 aromatic carbocycles. The van der Waals surface area contributed by atoms with Crippen molar-refractivity contribution in [1.82, 2.24) is 10.6 Å². The largest absolute Gasteiger partial charge is 0.497 e. The highest BCUT2D eigenvalue weighted by Gasteiger charge is 2.22. The van der Waals surface area contributed by atoms with Gasteiger partial charge in [0.05, 0.1) is 7.11 Å². The van der Waals surface area contributed by atoms with E-state index in [1.807, 2.05) is 24.3 Å². The number of nitrogens with one attached hydrogen (secondary N) is 2. The van der Waals surface area contributed by atoms with Gasteiger partial charge in [-0.1, -0.05) is 42.0 Å². The zero-order valence-electron chi connectivity index (χ0n) is 16.3. The SMILES string of the molecule is COc1ccc(CNC(=O)NC2CCC(Cc3cccc(C)c3)CC2)cc1. The predicted molar refractivity (Wildman–Crippen MR) is 109 cm³/mol. The fourth-order valence-corrected chi connectivity index (χ4v) is 3.85. The lowest BCUT2D eigenvalue weighted by atomic mass is 9.82. The zero-order chi connectivity index (χ0) is 19.1. The highest BCUT2D eigenvalue weighted by Crippen LogP contribution is 2.27. The number of amides is 2. The topological polar surface area (TPSA) is 50.4 Å². The molecule has 1 saturated carbocycles. The quantitative estimate of drug-likeness (QED) is 0.785. The number of aryl methyl sites for hydroxylation is 1. The van der Waals surface area contributed by atoms with Crippen LogP contribution in [0.4, 0.5) is 4.79 Å². The van der Waals surface area contributed by atoms with Gasteiger partial charge in [-0.3, -0.25) is 0 Å². The van der Waals surface area contributed by atoms with E-state index < -0.39 is 0 Å². The maximum atomic E-state index is 12.2. The van der Waals surface area contributed by atoms with E-state index >= 15 is 0 Å². The maximum Gasteiger partial charge on any atom is 0.315 e. The molecule has 1 aliphatic rings. The van der Waals surface area contributed by atoms with Gasteiger partial charge in [0.2, 0.25) is 0 Å². The summed E-state index contributed by atoms with van der Waals surface area (Å²) in [7, 11) is 1.65. The van der Waals surface area contributed by atoms with Gasteiger partial charge >= 0.3 is 6.03 Å². The number of benzene rings is 2. The van der Waals surface area contributed by atoms with Crippen LogP contribution in [0.15, 0.2) is 48.5 Å². The summed E-state index contributed by atoms with van der Waals surface area (Å²) in [6.45, 7) is 2.67. The Balaban J connectivity index is 1.37. The van der Waals surface area contributed by atoms with Crippen molar-refractivity contribution in [3.05, 3.63) is 65.2 Å². The molecular formula is C23H30N2O2. The normalized spacial score (nSPS) is 19.3. The van der Waals surface area contributed by atoms with Crippen molar-refractivity contribution in [1.29, 1.82) is 0 Å². The minimum absolute atomic E-state index is 0.0760. The van der Waals surface area contributed by atoms with Gasteiger partial charge in [-0.05, 0) is 68.2 Å². The molecule has 0 atom stereocenters. The van der Waals surface area contributed by atoms with Gasteiger partial charge in [-0.15, -0.1) is 0 Å². The van der Waals surface area contributed by atoms with E-state index in [4.69, 9.17) is 4.74 Å². The Labute approximate surface area is 162 Å². The second-order valence-electron chi connectivity index (χ2n) is 7.59. The summed E-state index contributed by atoms with van der Waals surface area (Å²) in [5, 5.41) is 6.08. The molecule has 0 saturated heterocycles. The summed E-state index contributed by atoms with van der Waals surface area (Å²) >= 11 is 0. The molecule has 0 bridgehead atoms. The number of methoxy groups -OCH3 is 1. The van der Waals surface area contributed by atoms with Crippen molar-refractivity contribution < 1.29 is 9.53 Å². The predicted octanol–water partition coefficient (Wildman–Crippen LogP) is 4.60. The summed E-state index contributed by atoms with van der Waals surface area (Å²) in [6.07, 6.45) is 5.63. The fraction of sp³-hybridized carbons (Fsp3) is 0.435. The Bertz CT molecular complexity index is 734. The molecule has 0 radical (unpaired) electrons. The van der Waals surface area contributed by atoms with Gasteiger partial charge in [0, 0.05) is 12.6 Å². The van der Waals surface area contributed by atoms with Crippen LogP contribution in [0.3, 0.4) is 0 Å². The van der Waals surface area contributed by atoms with Crippen LogP contribution in [0.1, 0.15) is 42.4 Å². The third kappa shape index (κ3) is 6.02. The number of urea groups is 1. The summed E-state index contributed by atoms with van der Waals surface area (Å²) in [5.74, 6) is 1.55. The standard InChI is InChI=1S/C23H30N2O2/c1-17-4-3-5-20(14-17)15-18-6-10-21(11-7-18)25-23(26)24-16-19-8-12-22(27-2)13-9-19/h3-5,8-9,12-14,18,21H,6-7,10-11,15-16H2,1-2H3,(H2,24,25,26). The average Bonchev–Trinajstić information content (AvgIpc) is 2.68. The Morgan fingerprint density at radius 2 is 1.78 bits per heavy atom. The number of rotatable bonds is 6. The third-order valence-corrected chi connectivity index (χ3v) is 5.40. The lowest BCUT2D eigenvalue weighted by Gasteiger charge is -2.29. The van der Waals surface area contributed by atoms with Crippen molar-refractivity contribution in [3.63, 3.8) is 0 Å². The Kier molecular flexibility index (Phi) is 6.74. The van der Waals surface area contributed by atoms with Crippen molar-refractivity contribution >= 4 is 6.03 Å². The van der Waals surface area contributed by atoms with E-state index in [1.165, 1.54) is 24.0 Å². The van der Waals surface area contributed by atoms with Crippen LogP contribution >= 0.6 is 0 Å². The van der Waals surface area contributed by atoms with Crippen molar-refractivity contribution in [2.45, 2.75) is 51.6 Å². The number of carbonyl (C=O) groups is 1. The molecule has 0 heterocycles. The summed E-state index contributed by atoms with van der Waals surface area (Å²) < 4.78 is 5.15. The van der Waals surface area contributed by atoms with E-state index in [1.54, 1.807) is 7.11 Å². The molecule has 2 amide bonds. The summed E-state index contributed by atoms with van der Waals surface area (Å²) in [5.41, 5.74) is 3.83. The minimum Gasteiger partial charge on any atom is -0.497 e. The van der Waals surface area contributed by atoms with Crippen LogP contribution in [0, 0.1) is 12.8 Å². The van der Waals surface area contributed by atoms with E-state index in [2.05, 4.69) is 41.8 Å². The molecule has 27 heavy (non-hydrogen) atoms. The molecule has 1 aliphatic carbocycles. The first-order chi connectivity index (χ1) is 13.1. The molecule has 3 rings (SSSR count). The Morgan fingerprint density at radius 3 is 2.44 bits per heavy atom. The summed E-state index contributed by atoms with van der Waals surface area (Å²) in [4.78, 5) is 12.2. The van der Waals surface area contributed by atoms with Gasteiger partial charge < -0.3 is 15.4 Å². The first-order valence-electron chi connectivity index (χ1n) is 9.85. The lowest BCUT2D eigenvalue weighted by molar-refractivity contribution is 0.226. The Morgan fingerprint density at radius 1 is 1.04 bits per heavy atom. The zero-order valence-corrected chi connectivity index (χ0v) is 16.3. The second kappa shape index (κ2) is 9.45. The van der Waals surface area contributed by atoms with Crippen LogP contribution in [-0.2, 0) is 13.0 Å². The highest BCUT2D eigenvalue weighted by atomic mass is 16.5. The van der Waals surface area contributed by atoms with Gasteiger partial charge in [-0.25, -0.2) is 4.79 Å². The monoisotopic (exact) mass is 366 g/mol. The molecule has 0 spiro atoms. The molecule has 0 aliphatic heterocycles. The molecule has 2 aromatic rings. The van der Waals surface area contributed by atoms with Crippen molar-refractivity contribution in [2.75, 3.05) is 7.11 Å². The van der Waals surface area contributed by atoms with Crippen molar-refractivity contribution in [2.24, 2.45) is 5.92 Å². The third-order valence-electron chi connectivity index (χ3n) is 5.40. The van der Waals surface area contributed by atoms with E-state index in [0.717, 1.165) is 36.5 Å². The number of carbonyl (C=O) groups excluding carboxylic acids is 1. The molecule has 0 aromatic heterocycles. The van der Waals surface area contributed by atoms with Gasteiger partial charge in [0.1, 0.15) is 5.75 Å². The first-order valence-corrected chi connectivity index (χ1v) is 9.85. The van der Waals surface area contributed by atoms with E-state index in [0.29, 0.717) is 6.54 Å². The van der Waals surface area contributed by atoms with Crippen LogP contribution in [0.25, 0.3) is 0 Å². The fourth-order valence-electron chi connectivity index (χ4n) is 3.85. The van der Waals surface area contributed by atoms with Gasteiger partial charge in [0.25, 0.3) is 0 Å². The number of ether oxygens (including phenoxy) is 1. The van der Waals surface area contributed by atoms with Crippen LogP contribution in [-0.4, -0.2) is 19.2 Å².